The number of hydrogen-bond acceptors (Lipinski definition) is 4. The first-order chi connectivity index (χ1) is 24.0. The van der Waals surface area contributed by atoms with E-state index in [0.717, 1.165) is 63.4 Å². The summed E-state index contributed by atoms with van der Waals surface area (Å²) in [6, 6.07) is 15.8. The fraction of sp³-hybridized carbons (Fsp3) is 0.600. The van der Waals surface area contributed by atoms with Crippen LogP contribution >= 0.6 is 0 Å². The molecule has 10 unspecified atom stereocenters. The Balaban J connectivity index is 1.21. The Morgan fingerprint density at radius 1 is 0.804 bits per heavy atom. The van der Waals surface area contributed by atoms with Crippen molar-refractivity contribution in [3.8, 4) is 0 Å². The van der Waals surface area contributed by atoms with Crippen molar-refractivity contribution < 1.29 is 24.9 Å². The zero-order valence-electron chi connectivity index (χ0n) is 31.5. The van der Waals surface area contributed by atoms with E-state index in [2.05, 4.69) is 59.5 Å². The number of benzene rings is 2. The van der Waals surface area contributed by atoms with Crippen LogP contribution in [0.3, 0.4) is 0 Å². The average molecular weight is 694 g/mol. The van der Waals surface area contributed by atoms with Crippen LogP contribution in [-0.2, 0) is 9.59 Å². The van der Waals surface area contributed by atoms with E-state index in [1.165, 1.54) is 11.1 Å². The second-order valence-corrected chi connectivity index (χ2v) is 18.5. The van der Waals surface area contributed by atoms with Crippen molar-refractivity contribution in [1.29, 1.82) is 0 Å². The number of hydrogen-bond donors (Lipinski definition) is 4. The lowest BCUT2D eigenvalue weighted by Gasteiger charge is -2.72. The van der Waals surface area contributed by atoms with Crippen LogP contribution in [0.15, 0.2) is 72.8 Å². The molecule has 0 aliphatic heterocycles. The van der Waals surface area contributed by atoms with Crippen molar-refractivity contribution >= 4 is 17.4 Å². The molecule has 4 N–H and O–H groups in total. The van der Waals surface area contributed by atoms with Gasteiger partial charge in [0.1, 0.15) is 0 Å². The Bertz CT molecular complexity index is 1730. The lowest BCUT2D eigenvalue weighted by Crippen LogP contribution is -2.66. The van der Waals surface area contributed by atoms with Crippen LogP contribution in [0.1, 0.15) is 128 Å². The summed E-state index contributed by atoms with van der Waals surface area (Å²) in [7, 11) is 0. The second-order valence-electron chi connectivity index (χ2n) is 18.5. The molecule has 0 bridgehead atoms. The van der Waals surface area contributed by atoms with Crippen LogP contribution in [0, 0.1) is 56.7 Å². The third-order valence-electron chi connectivity index (χ3n) is 16.3. The summed E-state index contributed by atoms with van der Waals surface area (Å²) < 4.78 is 0. The number of fused-ring (bicyclic) bond motifs is 7. The molecule has 4 fully saturated rings. The fourth-order valence-electron chi connectivity index (χ4n) is 13.7. The molecule has 0 radical (unpaired) electrons. The van der Waals surface area contributed by atoms with Gasteiger partial charge in [0, 0.05) is 5.56 Å². The molecule has 7 rings (SSSR count). The molecular weight excluding hydrogens is 634 g/mol. The van der Waals surface area contributed by atoms with Crippen molar-refractivity contribution in [1.82, 2.24) is 5.32 Å². The highest BCUT2D eigenvalue weighted by Crippen LogP contribution is 2.77. The van der Waals surface area contributed by atoms with E-state index in [1.807, 2.05) is 42.5 Å². The lowest BCUT2D eigenvalue weighted by atomic mass is 9.32. The minimum Gasteiger partial charge on any atom is -0.479 e. The minimum absolute atomic E-state index is 0.0405. The topological polar surface area (TPSA) is 107 Å². The number of allylic oxidation sites excluding steroid dienone is 3. The lowest BCUT2D eigenvalue weighted by molar-refractivity contribution is -0.225. The molecule has 0 spiro atoms. The average Bonchev–Trinajstić information content (AvgIpc) is 3.49. The summed E-state index contributed by atoms with van der Waals surface area (Å²) in [6.45, 7) is 19.2. The van der Waals surface area contributed by atoms with Gasteiger partial charge in [-0.05, 0) is 133 Å². The smallest absolute Gasteiger partial charge is 0.330 e. The first-order valence-corrected chi connectivity index (χ1v) is 19.4. The predicted octanol–water partition coefficient (Wildman–Crippen LogP) is 9.26. The summed E-state index contributed by atoms with van der Waals surface area (Å²) in [5, 5.41) is 32.7. The van der Waals surface area contributed by atoms with Gasteiger partial charge >= 0.3 is 5.97 Å². The number of carboxylic acids is 1. The van der Waals surface area contributed by atoms with Gasteiger partial charge in [-0.2, -0.15) is 0 Å². The zero-order valence-corrected chi connectivity index (χ0v) is 31.5. The van der Waals surface area contributed by atoms with Crippen LogP contribution in [0.25, 0.3) is 5.57 Å². The van der Waals surface area contributed by atoms with Gasteiger partial charge in [0.15, 0.2) is 12.3 Å². The number of carbonyl (C=O) groups excluding carboxylic acids is 1. The number of amides is 1. The van der Waals surface area contributed by atoms with Crippen molar-refractivity contribution in [3.05, 3.63) is 89.5 Å². The molecule has 0 aromatic heterocycles. The maximum Gasteiger partial charge on any atom is 0.330 e. The summed E-state index contributed by atoms with van der Waals surface area (Å²) in [4.78, 5) is 27.2. The zero-order chi connectivity index (χ0) is 36.7. The first kappa shape index (κ1) is 36.2. The fourth-order valence-corrected chi connectivity index (χ4v) is 13.7. The Kier molecular flexibility index (Phi) is 8.82. The van der Waals surface area contributed by atoms with E-state index in [4.69, 9.17) is 0 Å². The summed E-state index contributed by atoms with van der Waals surface area (Å²) >= 11 is 0. The van der Waals surface area contributed by atoms with E-state index in [1.54, 1.807) is 12.1 Å². The summed E-state index contributed by atoms with van der Waals surface area (Å²) in [5.41, 5.74) is 4.48. The number of aliphatic hydroxyl groups is 2. The van der Waals surface area contributed by atoms with Gasteiger partial charge in [-0.25, -0.2) is 4.79 Å². The molecule has 4 saturated carbocycles. The Morgan fingerprint density at radius 2 is 1.49 bits per heavy atom. The van der Waals surface area contributed by atoms with Crippen molar-refractivity contribution in [2.24, 2.45) is 56.7 Å². The molecule has 10 atom stereocenters. The SMILES string of the molecule is C=C(C)C1CCC2(C(=O)NC(C(=O)O)c3ccccc3)CCC3(C)C(CCC4C5(C)CC=C(c6ccc(C(O)O)cc6)C(C)(C)C5CCC43C)C12. The van der Waals surface area contributed by atoms with Crippen molar-refractivity contribution in [2.75, 3.05) is 0 Å². The van der Waals surface area contributed by atoms with Crippen molar-refractivity contribution in [2.45, 2.75) is 112 Å². The molecule has 6 nitrogen and oxygen atoms in total. The van der Waals surface area contributed by atoms with Gasteiger partial charge in [0.2, 0.25) is 5.91 Å². The van der Waals surface area contributed by atoms with Crippen LogP contribution in [0.5, 0.6) is 0 Å². The Morgan fingerprint density at radius 3 is 2.12 bits per heavy atom. The molecule has 0 heterocycles. The van der Waals surface area contributed by atoms with Crippen LogP contribution < -0.4 is 5.32 Å². The van der Waals surface area contributed by atoms with Gasteiger partial charge in [-0.1, -0.05) is 107 Å². The largest absolute Gasteiger partial charge is 0.479 e. The summed E-state index contributed by atoms with van der Waals surface area (Å²) in [6.07, 6.45) is 10.1. The van der Waals surface area contributed by atoms with E-state index < -0.39 is 23.7 Å². The number of carboxylic acid groups (broad SMARTS) is 1. The van der Waals surface area contributed by atoms with Gasteiger partial charge in [-0.15, -0.1) is 0 Å². The highest BCUT2D eigenvalue weighted by Gasteiger charge is 2.71. The van der Waals surface area contributed by atoms with Gasteiger partial charge < -0.3 is 20.6 Å². The van der Waals surface area contributed by atoms with Crippen molar-refractivity contribution in [3.63, 3.8) is 0 Å². The summed E-state index contributed by atoms with van der Waals surface area (Å²) in [5.74, 6) is 0.734. The quantitative estimate of drug-likeness (QED) is 0.171. The predicted molar refractivity (Wildman–Crippen MR) is 201 cm³/mol. The third-order valence-corrected chi connectivity index (χ3v) is 16.3. The van der Waals surface area contributed by atoms with Gasteiger partial charge in [0.05, 0.1) is 5.41 Å². The van der Waals surface area contributed by atoms with Crippen LogP contribution in [0.2, 0.25) is 0 Å². The Hall–Kier alpha value is -3.22. The molecule has 0 saturated heterocycles. The molecular formula is C45H59NO5. The molecule has 2 aromatic carbocycles. The number of aliphatic carboxylic acids is 1. The number of aliphatic hydroxyl groups excluding tert-OH is 1. The molecule has 51 heavy (non-hydrogen) atoms. The number of rotatable bonds is 7. The Labute approximate surface area is 304 Å². The van der Waals surface area contributed by atoms with E-state index in [0.29, 0.717) is 28.9 Å². The maximum absolute atomic E-state index is 14.7. The van der Waals surface area contributed by atoms with Crippen LogP contribution in [0.4, 0.5) is 0 Å². The number of carbonyl (C=O) groups is 2. The van der Waals surface area contributed by atoms with E-state index in [9.17, 15) is 24.9 Å². The first-order valence-electron chi connectivity index (χ1n) is 19.4. The number of nitrogens with one attached hydrogen (secondary N) is 1. The van der Waals surface area contributed by atoms with Crippen LogP contribution in [-0.4, -0.2) is 27.2 Å². The minimum atomic E-state index is -1.46. The molecule has 6 heteroatoms. The maximum atomic E-state index is 14.7. The molecule has 274 valence electrons. The normalized spacial score (nSPS) is 38.7. The second kappa shape index (κ2) is 12.4. The molecule has 5 aliphatic carbocycles. The highest BCUT2D eigenvalue weighted by atomic mass is 16.5. The molecule has 2 aromatic rings. The molecule has 1 amide bonds. The third kappa shape index (κ3) is 5.24. The van der Waals surface area contributed by atoms with Gasteiger partial charge in [0.25, 0.3) is 0 Å². The highest BCUT2D eigenvalue weighted by molar-refractivity contribution is 5.89. The molecule has 5 aliphatic rings. The van der Waals surface area contributed by atoms with Gasteiger partial charge in [-0.3, -0.25) is 4.79 Å². The van der Waals surface area contributed by atoms with E-state index >= 15 is 0 Å². The van der Waals surface area contributed by atoms with E-state index in [-0.39, 0.29) is 39.4 Å². The monoisotopic (exact) mass is 693 g/mol. The standard InChI is InChI=1S/C45H59NO5/c1-27(2)31-19-24-45(40(51)46-37(39(49)50)29-11-9-8-10-12-29)26-25-43(6)33(36(31)45)17-18-35-42(5)22-20-32(28-13-15-30(16-14-28)38(47)48)41(3,4)34(42)21-23-44(35,43)7/h8-16,20,31,33-38,47-48H,1,17-19,21-26H2,2-7H3,(H,46,51)(H,49,50).